The van der Waals surface area contributed by atoms with Crippen LogP contribution in [0, 0.1) is 5.82 Å². The molecule has 26 heavy (non-hydrogen) atoms. The molecule has 0 unspecified atom stereocenters. The van der Waals surface area contributed by atoms with E-state index in [2.05, 4.69) is 0 Å². The summed E-state index contributed by atoms with van der Waals surface area (Å²) < 4.78 is 29.6. The Labute approximate surface area is 153 Å². The van der Waals surface area contributed by atoms with Gasteiger partial charge in [0.05, 0.1) is 17.9 Å². The standard InChI is InChI=1S/C18H16FNO5S/c19-13-5-11-7-23-10-25-17(11)12(6-13)8-24-18(22)14-3-1-2-4-15(14)26-9-16(20)21/h1-6H,7-10H2,(H2,20,21). The van der Waals surface area contributed by atoms with Crippen LogP contribution in [0.25, 0.3) is 0 Å². The molecule has 8 heteroatoms. The van der Waals surface area contributed by atoms with Gasteiger partial charge in [-0.1, -0.05) is 12.1 Å². The van der Waals surface area contributed by atoms with Crippen LogP contribution in [-0.4, -0.2) is 24.4 Å². The fourth-order valence-electron chi connectivity index (χ4n) is 2.49. The fourth-order valence-corrected chi connectivity index (χ4v) is 3.27. The molecule has 0 saturated heterocycles. The Morgan fingerprint density at radius 1 is 1.27 bits per heavy atom. The van der Waals surface area contributed by atoms with E-state index in [0.29, 0.717) is 27.3 Å². The molecule has 136 valence electrons. The largest absolute Gasteiger partial charge is 0.467 e. The lowest BCUT2D eigenvalue weighted by Crippen LogP contribution is -2.15. The monoisotopic (exact) mass is 377 g/mol. The van der Waals surface area contributed by atoms with Gasteiger partial charge < -0.3 is 19.9 Å². The number of carbonyl (C=O) groups is 2. The van der Waals surface area contributed by atoms with Gasteiger partial charge >= 0.3 is 5.97 Å². The maximum Gasteiger partial charge on any atom is 0.339 e. The number of hydrogen-bond acceptors (Lipinski definition) is 6. The van der Waals surface area contributed by atoms with Gasteiger partial charge in [0.2, 0.25) is 5.91 Å². The third kappa shape index (κ3) is 4.33. The van der Waals surface area contributed by atoms with Crippen molar-refractivity contribution >= 4 is 23.6 Å². The Morgan fingerprint density at radius 2 is 2.08 bits per heavy atom. The summed E-state index contributed by atoms with van der Waals surface area (Å²) in [5, 5.41) is 0. The van der Waals surface area contributed by atoms with Crippen LogP contribution in [0.2, 0.25) is 0 Å². The summed E-state index contributed by atoms with van der Waals surface area (Å²) >= 11 is 1.15. The summed E-state index contributed by atoms with van der Waals surface area (Å²) in [4.78, 5) is 24.0. The number of nitrogens with two attached hydrogens (primary N) is 1. The molecule has 1 aliphatic rings. The van der Waals surface area contributed by atoms with Gasteiger partial charge in [-0.15, -0.1) is 11.8 Å². The summed E-state index contributed by atoms with van der Waals surface area (Å²) in [6, 6.07) is 9.33. The minimum Gasteiger partial charge on any atom is -0.467 e. The Kier molecular flexibility index (Phi) is 5.75. The van der Waals surface area contributed by atoms with E-state index in [1.807, 2.05) is 0 Å². The summed E-state index contributed by atoms with van der Waals surface area (Å²) in [6.45, 7) is 0.153. The minimum absolute atomic E-state index is 0.0511. The molecule has 6 nitrogen and oxygen atoms in total. The lowest BCUT2D eigenvalue weighted by Gasteiger charge is -2.20. The number of rotatable bonds is 6. The molecular formula is C18H16FNO5S. The van der Waals surface area contributed by atoms with Gasteiger partial charge in [-0.3, -0.25) is 4.79 Å². The van der Waals surface area contributed by atoms with Crippen molar-refractivity contribution in [2.45, 2.75) is 18.1 Å². The number of ether oxygens (including phenoxy) is 3. The van der Waals surface area contributed by atoms with E-state index in [1.54, 1.807) is 24.3 Å². The van der Waals surface area contributed by atoms with E-state index in [1.165, 1.54) is 12.1 Å². The fraction of sp³-hybridized carbons (Fsp3) is 0.222. The maximum atomic E-state index is 13.7. The van der Waals surface area contributed by atoms with Gasteiger partial charge in [0, 0.05) is 16.0 Å². The van der Waals surface area contributed by atoms with Gasteiger partial charge in [-0.05, 0) is 24.3 Å². The molecule has 0 saturated carbocycles. The van der Waals surface area contributed by atoms with E-state index in [-0.39, 0.29) is 25.8 Å². The molecule has 0 fully saturated rings. The van der Waals surface area contributed by atoms with Crippen molar-refractivity contribution in [3.8, 4) is 5.75 Å². The van der Waals surface area contributed by atoms with E-state index in [4.69, 9.17) is 19.9 Å². The molecule has 2 N–H and O–H groups in total. The SMILES string of the molecule is NC(=O)CSc1ccccc1C(=O)OCc1cc(F)cc2c1OCOC2. The second-order valence-electron chi connectivity index (χ2n) is 5.49. The van der Waals surface area contributed by atoms with Crippen molar-refractivity contribution in [1.82, 2.24) is 0 Å². The number of carbonyl (C=O) groups excluding carboxylic acids is 2. The Morgan fingerprint density at radius 3 is 2.88 bits per heavy atom. The zero-order valence-electron chi connectivity index (χ0n) is 13.7. The Balaban J connectivity index is 1.74. The van der Waals surface area contributed by atoms with E-state index < -0.39 is 17.7 Å². The number of hydrogen-bond donors (Lipinski definition) is 1. The van der Waals surface area contributed by atoms with Crippen LogP contribution in [0.3, 0.4) is 0 Å². The molecule has 3 rings (SSSR count). The summed E-state index contributed by atoms with van der Waals surface area (Å²) in [7, 11) is 0. The molecule has 0 aliphatic carbocycles. The average Bonchev–Trinajstić information content (AvgIpc) is 2.64. The first-order chi connectivity index (χ1) is 12.5. The van der Waals surface area contributed by atoms with E-state index in [0.717, 1.165) is 11.8 Å². The van der Waals surface area contributed by atoms with Crippen molar-refractivity contribution < 1.29 is 28.2 Å². The molecule has 1 aliphatic heterocycles. The normalized spacial score (nSPS) is 12.8. The predicted octanol–water partition coefficient (Wildman–Crippen LogP) is 2.63. The van der Waals surface area contributed by atoms with Crippen LogP contribution in [0.5, 0.6) is 5.75 Å². The zero-order valence-corrected chi connectivity index (χ0v) is 14.5. The molecule has 0 bridgehead atoms. The number of fused-ring (bicyclic) bond motifs is 1. The van der Waals surface area contributed by atoms with Crippen LogP contribution >= 0.6 is 11.8 Å². The van der Waals surface area contributed by atoms with E-state index in [9.17, 15) is 14.0 Å². The molecule has 2 aromatic rings. The first-order valence-electron chi connectivity index (χ1n) is 7.73. The predicted molar refractivity (Wildman–Crippen MR) is 92.2 cm³/mol. The Bertz CT molecular complexity index is 842. The number of esters is 1. The number of thioether (sulfide) groups is 1. The van der Waals surface area contributed by atoms with Gasteiger partial charge in [-0.25, -0.2) is 9.18 Å². The van der Waals surface area contributed by atoms with Crippen molar-refractivity contribution in [2.24, 2.45) is 5.73 Å². The quantitative estimate of drug-likeness (QED) is 0.615. The molecule has 0 spiro atoms. The van der Waals surface area contributed by atoms with Crippen LogP contribution in [-0.2, 0) is 27.5 Å². The molecule has 2 aromatic carbocycles. The minimum atomic E-state index is -0.581. The average molecular weight is 377 g/mol. The highest BCUT2D eigenvalue weighted by atomic mass is 32.2. The zero-order chi connectivity index (χ0) is 18.5. The lowest BCUT2D eigenvalue weighted by molar-refractivity contribution is -0.115. The third-order valence-corrected chi connectivity index (χ3v) is 4.68. The first kappa shape index (κ1) is 18.2. The molecule has 0 aromatic heterocycles. The van der Waals surface area contributed by atoms with Crippen LogP contribution in [0.4, 0.5) is 4.39 Å². The second kappa shape index (κ2) is 8.20. The van der Waals surface area contributed by atoms with Crippen molar-refractivity contribution in [3.05, 3.63) is 58.9 Å². The summed E-state index contributed by atoms with van der Waals surface area (Å²) in [5.41, 5.74) is 6.46. The van der Waals surface area contributed by atoms with Gasteiger partial charge in [0.15, 0.2) is 6.79 Å². The summed E-state index contributed by atoms with van der Waals surface area (Å²) in [5.74, 6) is -0.995. The smallest absolute Gasteiger partial charge is 0.339 e. The third-order valence-electron chi connectivity index (χ3n) is 3.59. The van der Waals surface area contributed by atoms with Gasteiger partial charge in [0.1, 0.15) is 18.2 Å². The van der Waals surface area contributed by atoms with Gasteiger partial charge in [-0.2, -0.15) is 0 Å². The van der Waals surface area contributed by atoms with E-state index >= 15 is 0 Å². The molecule has 0 radical (unpaired) electrons. The van der Waals surface area contributed by atoms with Crippen LogP contribution in [0.1, 0.15) is 21.5 Å². The summed E-state index contributed by atoms with van der Waals surface area (Å²) in [6.07, 6.45) is 0. The topological polar surface area (TPSA) is 87.9 Å². The van der Waals surface area contributed by atoms with Crippen molar-refractivity contribution in [2.75, 3.05) is 12.5 Å². The van der Waals surface area contributed by atoms with Crippen LogP contribution in [0.15, 0.2) is 41.3 Å². The molecule has 1 heterocycles. The van der Waals surface area contributed by atoms with Gasteiger partial charge in [0.25, 0.3) is 0 Å². The first-order valence-corrected chi connectivity index (χ1v) is 8.72. The van der Waals surface area contributed by atoms with Crippen molar-refractivity contribution in [1.29, 1.82) is 0 Å². The second-order valence-corrected chi connectivity index (χ2v) is 6.51. The number of amides is 1. The molecule has 1 amide bonds. The molecule has 0 atom stereocenters. The number of halogens is 1. The lowest BCUT2D eigenvalue weighted by atomic mass is 10.1. The highest BCUT2D eigenvalue weighted by molar-refractivity contribution is 8.00. The maximum absolute atomic E-state index is 13.7. The number of primary amides is 1. The highest BCUT2D eigenvalue weighted by Crippen LogP contribution is 2.30. The molecular weight excluding hydrogens is 361 g/mol. The van der Waals surface area contributed by atoms with Crippen LogP contribution < -0.4 is 10.5 Å². The Hall–Kier alpha value is -2.58. The van der Waals surface area contributed by atoms with Crippen molar-refractivity contribution in [3.63, 3.8) is 0 Å². The highest BCUT2D eigenvalue weighted by Gasteiger charge is 2.19. The number of benzene rings is 2.